The second-order valence-electron chi connectivity index (χ2n) is 2.85. The van der Waals surface area contributed by atoms with E-state index in [4.69, 9.17) is 5.11 Å². The summed E-state index contributed by atoms with van der Waals surface area (Å²) in [6, 6.07) is 2.90. The fourth-order valence-electron chi connectivity index (χ4n) is 0.892. The predicted octanol–water partition coefficient (Wildman–Crippen LogP) is 0.437. The molecule has 0 aliphatic carbocycles. The highest BCUT2D eigenvalue weighted by Crippen LogP contribution is 2.00. The first-order valence-corrected chi connectivity index (χ1v) is 4.25. The van der Waals surface area contributed by atoms with Gasteiger partial charge in [0.25, 0.3) is 12.3 Å². The summed E-state index contributed by atoms with van der Waals surface area (Å²) in [5, 5.41) is 10.9. The molecule has 4 nitrogen and oxygen atoms in total. The second kappa shape index (κ2) is 5.35. The number of hydrogen-bond acceptors (Lipinski definition) is 3. The molecule has 0 aromatic carbocycles. The van der Waals surface area contributed by atoms with Gasteiger partial charge in [-0.1, -0.05) is 0 Å². The minimum atomic E-state index is -2.86. The minimum absolute atomic E-state index is 0.312. The molecule has 0 saturated heterocycles. The van der Waals surface area contributed by atoms with Gasteiger partial charge in [-0.05, 0) is 12.1 Å². The second-order valence-corrected chi connectivity index (χ2v) is 2.85. The Morgan fingerprint density at radius 1 is 1.47 bits per heavy atom. The fraction of sp³-hybridized carbons (Fsp3) is 0.333. The summed E-state index contributed by atoms with van der Waals surface area (Å²) < 4.78 is 23.7. The molecule has 0 aliphatic heterocycles. The van der Waals surface area contributed by atoms with Crippen molar-refractivity contribution in [3.05, 3.63) is 30.1 Å². The van der Waals surface area contributed by atoms with E-state index in [-0.39, 0.29) is 0 Å². The van der Waals surface area contributed by atoms with Gasteiger partial charge in [0.2, 0.25) is 0 Å². The van der Waals surface area contributed by atoms with Crippen molar-refractivity contribution in [1.29, 1.82) is 0 Å². The summed E-state index contributed by atoms with van der Waals surface area (Å²) in [7, 11) is 0. The molecule has 1 heterocycles. The molecule has 1 aromatic rings. The van der Waals surface area contributed by atoms with Crippen molar-refractivity contribution < 1.29 is 18.7 Å². The van der Waals surface area contributed by atoms with Crippen molar-refractivity contribution in [3.63, 3.8) is 0 Å². The summed E-state index contributed by atoms with van der Waals surface area (Å²) >= 11 is 0. The van der Waals surface area contributed by atoms with Gasteiger partial charge in [0.05, 0.1) is 0 Å². The number of hydrogen-bond donors (Lipinski definition) is 2. The molecular formula is C9H10F2N2O2. The van der Waals surface area contributed by atoms with Gasteiger partial charge in [-0.2, -0.15) is 0 Å². The number of halogens is 2. The van der Waals surface area contributed by atoms with Crippen LogP contribution in [-0.4, -0.2) is 35.1 Å². The minimum Gasteiger partial charge on any atom is -0.385 e. The van der Waals surface area contributed by atoms with E-state index >= 15 is 0 Å². The molecule has 0 radical (unpaired) electrons. The van der Waals surface area contributed by atoms with Crippen molar-refractivity contribution in [3.8, 4) is 0 Å². The molecule has 1 unspecified atom stereocenters. The van der Waals surface area contributed by atoms with E-state index in [1.165, 1.54) is 24.5 Å². The number of carbonyl (C=O) groups is 1. The fourth-order valence-corrected chi connectivity index (χ4v) is 0.892. The Balaban J connectivity index is 2.44. The first-order valence-electron chi connectivity index (χ1n) is 4.25. The van der Waals surface area contributed by atoms with Crippen LogP contribution >= 0.6 is 0 Å². The number of aromatic nitrogens is 1. The average molecular weight is 216 g/mol. The molecule has 0 fully saturated rings. The van der Waals surface area contributed by atoms with Crippen molar-refractivity contribution >= 4 is 5.91 Å². The summed E-state index contributed by atoms with van der Waals surface area (Å²) in [5.41, 5.74) is 0.312. The molecule has 6 heteroatoms. The number of alkyl halides is 2. The van der Waals surface area contributed by atoms with Crippen LogP contribution in [-0.2, 0) is 0 Å². The van der Waals surface area contributed by atoms with Crippen molar-refractivity contribution in [2.45, 2.75) is 12.5 Å². The summed E-state index contributed by atoms with van der Waals surface area (Å²) in [5.74, 6) is -0.517. The standard InChI is InChI=1S/C9H10F2N2O2/c10-8(11)7(14)5-13-9(15)6-1-3-12-4-2-6/h1-4,7-8,14H,5H2,(H,13,15). The molecule has 1 amide bonds. The summed E-state index contributed by atoms with van der Waals surface area (Å²) in [6.07, 6.45) is -1.87. The maximum absolute atomic E-state index is 11.9. The van der Waals surface area contributed by atoms with Gasteiger partial charge in [0.1, 0.15) is 6.10 Å². The third kappa shape index (κ3) is 3.59. The molecule has 1 aromatic heterocycles. The number of aliphatic hydroxyl groups is 1. The number of rotatable bonds is 4. The average Bonchev–Trinajstić information content (AvgIpc) is 2.26. The zero-order chi connectivity index (χ0) is 11.3. The number of amides is 1. The van der Waals surface area contributed by atoms with Crippen molar-refractivity contribution in [1.82, 2.24) is 10.3 Å². The van der Waals surface area contributed by atoms with Crippen LogP contribution in [0.5, 0.6) is 0 Å². The van der Waals surface area contributed by atoms with Gasteiger partial charge in [-0.25, -0.2) is 8.78 Å². The highest BCUT2D eigenvalue weighted by atomic mass is 19.3. The quantitative estimate of drug-likeness (QED) is 0.767. The van der Waals surface area contributed by atoms with Crippen LogP contribution in [0.25, 0.3) is 0 Å². The summed E-state index contributed by atoms with van der Waals surface area (Å²) in [6.45, 7) is -0.473. The first kappa shape index (κ1) is 11.5. The van der Waals surface area contributed by atoms with E-state index in [1.54, 1.807) is 0 Å². The molecule has 1 atom stereocenters. The SMILES string of the molecule is O=C(NCC(O)C(F)F)c1ccncc1. The molecule has 82 valence electrons. The maximum Gasteiger partial charge on any atom is 0.265 e. The molecule has 15 heavy (non-hydrogen) atoms. The third-order valence-corrected chi connectivity index (χ3v) is 1.71. The van der Waals surface area contributed by atoms with Crippen LogP contribution < -0.4 is 5.32 Å². The Morgan fingerprint density at radius 2 is 2.07 bits per heavy atom. The molecule has 0 saturated carbocycles. The van der Waals surface area contributed by atoms with Crippen LogP contribution in [0.2, 0.25) is 0 Å². The Kier molecular flexibility index (Phi) is 4.11. The van der Waals surface area contributed by atoms with E-state index in [2.05, 4.69) is 10.3 Å². The monoisotopic (exact) mass is 216 g/mol. The Morgan fingerprint density at radius 3 is 2.60 bits per heavy atom. The number of nitrogens with one attached hydrogen (secondary N) is 1. The van der Waals surface area contributed by atoms with Gasteiger partial charge < -0.3 is 10.4 Å². The van der Waals surface area contributed by atoms with Crippen LogP contribution in [0.4, 0.5) is 8.78 Å². The lowest BCUT2D eigenvalue weighted by molar-refractivity contribution is -0.00270. The predicted molar refractivity (Wildman–Crippen MR) is 48.6 cm³/mol. The molecular weight excluding hydrogens is 206 g/mol. The van der Waals surface area contributed by atoms with Gasteiger partial charge in [-0.15, -0.1) is 0 Å². The molecule has 2 N–H and O–H groups in total. The van der Waals surface area contributed by atoms with E-state index in [9.17, 15) is 13.6 Å². The lowest BCUT2D eigenvalue weighted by Crippen LogP contribution is -2.35. The maximum atomic E-state index is 11.9. The van der Waals surface area contributed by atoms with Gasteiger partial charge >= 0.3 is 0 Å². The number of pyridine rings is 1. The topological polar surface area (TPSA) is 62.2 Å². The van der Waals surface area contributed by atoms with E-state index in [0.29, 0.717) is 5.56 Å². The highest BCUT2D eigenvalue weighted by Gasteiger charge is 2.17. The number of carbonyl (C=O) groups excluding carboxylic acids is 1. The van der Waals surface area contributed by atoms with Gasteiger partial charge in [0, 0.05) is 24.5 Å². The van der Waals surface area contributed by atoms with Crippen LogP contribution in [0.3, 0.4) is 0 Å². The normalized spacial score (nSPS) is 12.5. The van der Waals surface area contributed by atoms with Crippen molar-refractivity contribution in [2.75, 3.05) is 6.54 Å². The number of aliphatic hydroxyl groups excluding tert-OH is 1. The number of nitrogens with zero attached hydrogens (tertiary/aromatic N) is 1. The van der Waals surface area contributed by atoms with Crippen LogP contribution in [0, 0.1) is 0 Å². The molecule has 0 aliphatic rings. The van der Waals surface area contributed by atoms with E-state index in [1.807, 2.05) is 0 Å². The lowest BCUT2D eigenvalue weighted by atomic mass is 10.2. The smallest absolute Gasteiger partial charge is 0.265 e. The highest BCUT2D eigenvalue weighted by molar-refractivity contribution is 5.93. The zero-order valence-corrected chi connectivity index (χ0v) is 7.73. The Bertz CT molecular complexity index is 319. The zero-order valence-electron chi connectivity index (χ0n) is 7.73. The molecule has 1 rings (SSSR count). The Labute approximate surface area is 84.9 Å². The third-order valence-electron chi connectivity index (χ3n) is 1.71. The van der Waals surface area contributed by atoms with E-state index < -0.39 is 25.0 Å². The molecule has 0 spiro atoms. The van der Waals surface area contributed by atoms with Gasteiger partial charge in [0.15, 0.2) is 0 Å². The Hall–Kier alpha value is -1.56. The van der Waals surface area contributed by atoms with Crippen LogP contribution in [0.15, 0.2) is 24.5 Å². The lowest BCUT2D eigenvalue weighted by Gasteiger charge is -2.10. The van der Waals surface area contributed by atoms with E-state index in [0.717, 1.165) is 0 Å². The summed E-state index contributed by atoms with van der Waals surface area (Å²) in [4.78, 5) is 15.0. The molecule has 0 bridgehead atoms. The largest absolute Gasteiger partial charge is 0.385 e. The van der Waals surface area contributed by atoms with Crippen molar-refractivity contribution in [2.24, 2.45) is 0 Å². The van der Waals surface area contributed by atoms with Gasteiger partial charge in [-0.3, -0.25) is 9.78 Å². The first-order chi connectivity index (χ1) is 7.11. The van der Waals surface area contributed by atoms with Crippen LogP contribution in [0.1, 0.15) is 10.4 Å².